The number of hydrogen-bond acceptors (Lipinski definition) is 9. The Morgan fingerprint density at radius 2 is 1.94 bits per heavy atom. The van der Waals surface area contributed by atoms with E-state index in [1.54, 1.807) is 13.4 Å². The molecule has 2 fully saturated rings. The summed E-state index contributed by atoms with van der Waals surface area (Å²) in [6, 6.07) is 3.84. The molecule has 4 rings (SSSR count). The Morgan fingerprint density at radius 3 is 2.59 bits per heavy atom. The summed E-state index contributed by atoms with van der Waals surface area (Å²) in [6.45, 7) is 4.47. The molecule has 2 aromatic heterocycles. The van der Waals surface area contributed by atoms with Crippen LogP contribution in [-0.4, -0.2) is 44.6 Å². The van der Waals surface area contributed by atoms with Crippen LogP contribution in [0.1, 0.15) is 69.1 Å². The summed E-state index contributed by atoms with van der Waals surface area (Å²) in [7, 11) is 1.75. The highest BCUT2D eigenvalue weighted by Gasteiger charge is 2.42. The van der Waals surface area contributed by atoms with Crippen LogP contribution in [0.4, 0.5) is 5.95 Å². The van der Waals surface area contributed by atoms with Gasteiger partial charge in [-0.15, -0.1) is 0 Å². The van der Waals surface area contributed by atoms with Crippen molar-refractivity contribution < 1.29 is 4.74 Å². The summed E-state index contributed by atoms with van der Waals surface area (Å²) in [5.41, 5.74) is 9.23. The molecule has 2 saturated carbocycles. The fourth-order valence-electron chi connectivity index (χ4n) is 3.99. The molecule has 0 aliphatic heterocycles. The van der Waals surface area contributed by atoms with Crippen molar-refractivity contribution in [3.8, 4) is 5.75 Å². The summed E-state index contributed by atoms with van der Waals surface area (Å²) >= 11 is 0. The van der Waals surface area contributed by atoms with Gasteiger partial charge in [0.05, 0.1) is 35.4 Å². The highest BCUT2D eigenvalue weighted by atomic mass is 16.5. The van der Waals surface area contributed by atoms with Crippen LogP contribution < -0.4 is 21.6 Å². The second-order valence-corrected chi connectivity index (χ2v) is 9.18. The minimum Gasteiger partial charge on any atom is -0.489 e. The molecule has 2 aliphatic rings. The number of rotatable bonds is 8. The number of hydrazine groups is 1. The van der Waals surface area contributed by atoms with Gasteiger partial charge in [0.15, 0.2) is 0 Å². The lowest BCUT2D eigenvalue weighted by atomic mass is 9.98. The van der Waals surface area contributed by atoms with Crippen molar-refractivity contribution in [3.63, 3.8) is 0 Å². The Labute approximate surface area is 189 Å². The molecule has 2 heterocycles. The number of likely N-dealkylation sites (N-methyl/N-ethyl adjacent to an activating group) is 1. The molecule has 0 aromatic carbocycles. The van der Waals surface area contributed by atoms with E-state index in [0.29, 0.717) is 29.6 Å². The van der Waals surface area contributed by atoms with Gasteiger partial charge in [0.1, 0.15) is 17.9 Å². The lowest BCUT2D eigenvalue weighted by molar-refractivity contribution is 0.153. The number of hydrogen-bond donors (Lipinski definition) is 3. The van der Waals surface area contributed by atoms with Gasteiger partial charge >= 0.3 is 0 Å². The first kappa shape index (κ1) is 22.3. The maximum Gasteiger partial charge on any atom is 0.226 e. The Hall–Kier alpha value is -2.94. The van der Waals surface area contributed by atoms with Crippen molar-refractivity contribution in [1.29, 1.82) is 0 Å². The van der Waals surface area contributed by atoms with Crippen LogP contribution in [0.25, 0.3) is 5.70 Å². The predicted molar refractivity (Wildman–Crippen MR) is 124 cm³/mol. The van der Waals surface area contributed by atoms with Gasteiger partial charge in [0.25, 0.3) is 0 Å². The maximum atomic E-state index is 6.48. The molecule has 2 aliphatic carbocycles. The number of ether oxygens (including phenoxy) is 1. The standard InChI is InChI=1S/C23H34N8O/c1-15-19(32-16-7-5-4-6-8-16)10-9-17(29-15)20(24)18(31(3)25)13-26-22-28-14-27-21(30-22)23(2)11-12-23/h9-10,14,16H,4-8,11-13,24-25H2,1-3H3,(H,26,27,28,30)/b20-18-. The third kappa shape index (κ3) is 5.09. The van der Waals surface area contributed by atoms with Gasteiger partial charge in [-0.25, -0.2) is 20.8 Å². The molecule has 2 aromatic rings. The zero-order valence-electron chi connectivity index (χ0n) is 19.3. The van der Waals surface area contributed by atoms with E-state index in [2.05, 4.69) is 27.2 Å². The van der Waals surface area contributed by atoms with E-state index in [-0.39, 0.29) is 11.5 Å². The van der Waals surface area contributed by atoms with E-state index in [9.17, 15) is 0 Å². The fraction of sp³-hybridized carbons (Fsp3) is 0.565. The van der Waals surface area contributed by atoms with Crippen LogP contribution in [0.15, 0.2) is 24.2 Å². The summed E-state index contributed by atoms with van der Waals surface area (Å²) in [5.74, 6) is 8.24. The number of aryl methyl sites for hydroxylation is 1. The molecule has 32 heavy (non-hydrogen) atoms. The number of aromatic nitrogens is 4. The number of anilines is 1. The summed E-state index contributed by atoms with van der Waals surface area (Å²) in [5, 5.41) is 4.72. The summed E-state index contributed by atoms with van der Waals surface area (Å²) in [4.78, 5) is 17.8. The van der Waals surface area contributed by atoms with E-state index in [1.165, 1.54) is 24.3 Å². The van der Waals surface area contributed by atoms with Gasteiger partial charge in [-0.05, 0) is 57.6 Å². The Balaban J connectivity index is 1.48. The maximum absolute atomic E-state index is 6.48. The second kappa shape index (κ2) is 9.28. The van der Waals surface area contributed by atoms with Gasteiger partial charge in [0, 0.05) is 12.5 Å². The topological polar surface area (TPSA) is 128 Å². The van der Waals surface area contributed by atoms with Crippen molar-refractivity contribution in [3.05, 3.63) is 41.4 Å². The lowest BCUT2D eigenvalue weighted by Crippen LogP contribution is -2.32. The molecule has 0 spiro atoms. The van der Waals surface area contributed by atoms with Gasteiger partial charge < -0.3 is 20.8 Å². The number of pyridine rings is 1. The van der Waals surface area contributed by atoms with Gasteiger partial charge in [-0.2, -0.15) is 4.98 Å². The molecular formula is C23H34N8O. The smallest absolute Gasteiger partial charge is 0.226 e. The Morgan fingerprint density at radius 1 is 1.19 bits per heavy atom. The number of nitrogens with one attached hydrogen (secondary N) is 1. The average molecular weight is 439 g/mol. The van der Waals surface area contributed by atoms with Gasteiger partial charge in [-0.3, -0.25) is 0 Å². The average Bonchev–Trinajstić information content (AvgIpc) is 3.54. The van der Waals surface area contributed by atoms with Crippen LogP contribution in [0.5, 0.6) is 5.75 Å². The van der Waals surface area contributed by atoms with Gasteiger partial charge in [0.2, 0.25) is 5.95 Å². The van der Waals surface area contributed by atoms with E-state index in [0.717, 1.165) is 43.0 Å². The molecule has 0 atom stereocenters. The van der Waals surface area contributed by atoms with Crippen LogP contribution in [0.2, 0.25) is 0 Å². The molecule has 0 amide bonds. The molecule has 0 bridgehead atoms. The summed E-state index contributed by atoms with van der Waals surface area (Å²) < 4.78 is 6.19. The summed E-state index contributed by atoms with van der Waals surface area (Å²) in [6.07, 6.45) is 10.00. The molecule has 0 radical (unpaired) electrons. The first-order chi connectivity index (χ1) is 15.4. The van der Waals surface area contributed by atoms with Crippen molar-refractivity contribution >= 4 is 11.6 Å². The van der Waals surface area contributed by atoms with Crippen molar-refractivity contribution in [1.82, 2.24) is 24.9 Å². The SMILES string of the molecule is Cc1nc(/C(N)=C(\CNc2ncnc(C3(C)CC3)n2)N(C)N)ccc1OC1CCCCC1. The van der Waals surface area contributed by atoms with E-state index >= 15 is 0 Å². The van der Waals surface area contributed by atoms with Crippen LogP contribution in [0, 0.1) is 6.92 Å². The lowest BCUT2D eigenvalue weighted by Gasteiger charge is -2.24. The molecular weight excluding hydrogens is 404 g/mol. The monoisotopic (exact) mass is 438 g/mol. The van der Waals surface area contributed by atoms with Crippen LogP contribution in [-0.2, 0) is 5.41 Å². The second-order valence-electron chi connectivity index (χ2n) is 9.18. The molecule has 0 unspecified atom stereocenters. The Bertz CT molecular complexity index is 980. The number of nitrogens with zero attached hydrogens (tertiary/aromatic N) is 5. The minimum atomic E-state index is 0.0740. The van der Waals surface area contributed by atoms with Crippen LogP contribution >= 0.6 is 0 Å². The zero-order chi connectivity index (χ0) is 22.7. The first-order valence-corrected chi connectivity index (χ1v) is 11.4. The highest BCUT2D eigenvalue weighted by Crippen LogP contribution is 2.45. The third-order valence-electron chi connectivity index (χ3n) is 6.42. The van der Waals surface area contributed by atoms with E-state index in [4.69, 9.17) is 21.3 Å². The van der Waals surface area contributed by atoms with E-state index in [1.807, 2.05) is 19.1 Å². The van der Waals surface area contributed by atoms with Crippen molar-refractivity contribution in [2.24, 2.45) is 11.6 Å². The Kier molecular flexibility index (Phi) is 6.45. The third-order valence-corrected chi connectivity index (χ3v) is 6.42. The normalized spacial score (nSPS) is 18.6. The predicted octanol–water partition coefficient (Wildman–Crippen LogP) is 2.88. The quantitative estimate of drug-likeness (QED) is 0.421. The molecule has 5 N–H and O–H groups in total. The zero-order valence-corrected chi connectivity index (χ0v) is 19.3. The van der Waals surface area contributed by atoms with E-state index < -0.39 is 0 Å². The molecule has 172 valence electrons. The number of nitrogens with two attached hydrogens (primary N) is 2. The minimum absolute atomic E-state index is 0.0740. The fourth-order valence-corrected chi connectivity index (χ4v) is 3.99. The molecule has 9 nitrogen and oxygen atoms in total. The molecule has 9 heteroatoms. The van der Waals surface area contributed by atoms with Crippen molar-refractivity contribution in [2.45, 2.75) is 70.3 Å². The largest absolute Gasteiger partial charge is 0.489 e. The first-order valence-electron chi connectivity index (χ1n) is 11.4. The molecule has 0 saturated heterocycles. The highest BCUT2D eigenvalue weighted by molar-refractivity contribution is 5.64. The van der Waals surface area contributed by atoms with Gasteiger partial charge in [-0.1, -0.05) is 13.3 Å². The van der Waals surface area contributed by atoms with Crippen LogP contribution in [0.3, 0.4) is 0 Å². The van der Waals surface area contributed by atoms with Crippen molar-refractivity contribution in [2.75, 3.05) is 18.9 Å².